The largest absolute Gasteiger partial charge is 0.487 e. The summed E-state index contributed by atoms with van der Waals surface area (Å²) in [6.45, 7) is 0.730. The first-order valence-electron chi connectivity index (χ1n) is 10.7. The smallest absolute Gasteiger partial charge is 0.227 e. The van der Waals surface area contributed by atoms with Gasteiger partial charge in [-0.05, 0) is 37.5 Å². The number of ether oxygens (including phenoxy) is 3. The lowest BCUT2D eigenvalue weighted by Gasteiger charge is -2.37. The molecule has 0 unspecified atom stereocenters. The molecule has 1 aromatic rings. The average Bonchev–Trinajstić information content (AvgIpc) is 3.04. The fraction of sp³-hybridized carbons (Fsp3) is 0.636. The van der Waals surface area contributed by atoms with E-state index in [1.165, 1.54) is 0 Å². The van der Waals surface area contributed by atoms with E-state index in [4.69, 9.17) is 14.2 Å². The quantitative estimate of drug-likeness (QED) is 0.554. The van der Waals surface area contributed by atoms with Crippen LogP contribution in [0.5, 0.6) is 5.75 Å². The molecule has 1 saturated heterocycles. The van der Waals surface area contributed by atoms with E-state index in [1.54, 1.807) is 7.11 Å². The summed E-state index contributed by atoms with van der Waals surface area (Å²) in [5.74, 6) is 0.836. The number of aliphatic hydroxyl groups is 1. The number of anilines is 1. The number of nitrogens with one attached hydrogen (secondary N) is 2. The van der Waals surface area contributed by atoms with Crippen molar-refractivity contribution >= 4 is 17.5 Å². The van der Waals surface area contributed by atoms with Crippen LogP contribution in [0.25, 0.3) is 0 Å². The molecule has 0 radical (unpaired) electrons. The van der Waals surface area contributed by atoms with E-state index in [2.05, 4.69) is 10.6 Å². The summed E-state index contributed by atoms with van der Waals surface area (Å²) in [7, 11) is 1.59. The molecular formula is C22H30N2O6. The van der Waals surface area contributed by atoms with Crippen LogP contribution in [0.3, 0.4) is 0 Å². The Kier molecular flexibility index (Phi) is 6.55. The molecule has 8 heteroatoms. The summed E-state index contributed by atoms with van der Waals surface area (Å²) in [5, 5.41) is 15.7. The second kappa shape index (κ2) is 9.32. The van der Waals surface area contributed by atoms with Gasteiger partial charge in [-0.1, -0.05) is 6.42 Å². The first-order chi connectivity index (χ1) is 14.6. The molecular weight excluding hydrogens is 388 g/mol. The third-order valence-corrected chi connectivity index (χ3v) is 6.28. The van der Waals surface area contributed by atoms with Gasteiger partial charge >= 0.3 is 0 Å². The number of carbonyl (C=O) groups is 2. The van der Waals surface area contributed by atoms with Crippen molar-refractivity contribution in [3.63, 3.8) is 0 Å². The molecule has 164 valence electrons. The molecule has 0 bridgehead atoms. The Bertz CT molecular complexity index is 781. The zero-order valence-electron chi connectivity index (χ0n) is 17.3. The van der Waals surface area contributed by atoms with Crippen LogP contribution in [0.15, 0.2) is 18.2 Å². The molecule has 4 rings (SSSR count). The van der Waals surface area contributed by atoms with Crippen LogP contribution in [0.1, 0.15) is 43.6 Å². The summed E-state index contributed by atoms with van der Waals surface area (Å²) in [6, 6.07) is 5.68. The standard InChI is InChI=1S/C22H30N2O6/c1-28-8-7-23-20(26)11-15-10-17-16-9-14(24-22(27)13-3-2-4-13)5-6-18(16)30-21(17)19(12-25)29-15/h5-6,9,13,15,17,19,21,25H,2-4,7-8,10-12H2,1H3,(H,23,26)(H,24,27)/t15-,17+,19-,21-/m1/s1. The Morgan fingerprint density at radius 1 is 1.30 bits per heavy atom. The highest BCUT2D eigenvalue weighted by Crippen LogP contribution is 2.47. The Morgan fingerprint density at radius 2 is 2.13 bits per heavy atom. The molecule has 8 nitrogen and oxygen atoms in total. The summed E-state index contributed by atoms with van der Waals surface area (Å²) >= 11 is 0. The van der Waals surface area contributed by atoms with Gasteiger partial charge in [-0.2, -0.15) is 0 Å². The van der Waals surface area contributed by atoms with Crippen molar-refractivity contribution in [1.29, 1.82) is 0 Å². The van der Waals surface area contributed by atoms with E-state index in [0.29, 0.717) is 19.6 Å². The number of benzene rings is 1. The SMILES string of the molecule is COCCNC(=O)C[C@H]1C[C@H]2c3cc(NC(=O)C4CCC4)ccc3O[C@H]2[C@@H](CO)O1. The molecule has 2 fully saturated rings. The van der Waals surface area contributed by atoms with Gasteiger partial charge in [0, 0.05) is 36.7 Å². The lowest BCUT2D eigenvalue weighted by molar-refractivity contribution is -0.142. The van der Waals surface area contributed by atoms with Gasteiger partial charge in [-0.3, -0.25) is 9.59 Å². The van der Waals surface area contributed by atoms with Gasteiger partial charge in [0.1, 0.15) is 18.0 Å². The average molecular weight is 418 g/mol. The number of aliphatic hydroxyl groups excluding tert-OH is 1. The molecule has 30 heavy (non-hydrogen) atoms. The van der Waals surface area contributed by atoms with Gasteiger partial charge in [-0.25, -0.2) is 0 Å². The van der Waals surface area contributed by atoms with Gasteiger partial charge in [-0.15, -0.1) is 0 Å². The number of hydrogen-bond donors (Lipinski definition) is 3. The van der Waals surface area contributed by atoms with Crippen molar-refractivity contribution in [2.45, 2.75) is 56.3 Å². The topological polar surface area (TPSA) is 106 Å². The molecule has 3 N–H and O–H groups in total. The first kappa shape index (κ1) is 21.1. The molecule has 1 aromatic carbocycles. The van der Waals surface area contributed by atoms with Crippen molar-refractivity contribution in [2.24, 2.45) is 5.92 Å². The van der Waals surface area contributed by atoms with Gasteiger partial charge in [0.2, 0.25) is 11.8 Å². The van der Waals surface area contributed by atoms with Gasteiger partial charge in [0.05, 0.1) is 25.7 Å². The second-order valence-corrected chi connectivity index (χ2v) is 8.32. The summed E-state index contributed by atoms with van der Waals surface area (Å²) < 4.78 is 17.0. The van der Waals surface area contributed by atoms with E-state index in [-0.39, 0.29) is 48.9 Å². The van der Waals surface area contributed by atoms with Crippen LogP contribution in [0.4, 0.5) is 5.69 Å². The Labute approximate surface area is 176 Å². The van der Waals surface area contributed by atoms with Gasteiger partial charge < -0.3 is 30.0 Å². The lowest BCUT2D eigenvalue weighted by Crippen LogP contribution is -2.47. The minimum atomic E-state index is -0.499. The zero-order valence-corrected chi connectivity index (χ0v) is 17.3. The molecule has 1 aliphatic carbocycles. The van der Waals surface area contributed by atoms with Crippen LogP contribution >= 0.6 is 0 Å². The van der Waals surface area contributed by atoms with E-state index in [9.17, 15) is 14.7 Å². The maximum absolute atomic E-state index is 12.3. The van der Waals surface area contributed by atoms with E-state index < -0.39 is 6.10 Å². The fourth-order valence-corrected chi connectivity index (χ4v) is 4.45. The maximum Gasteiger partial charge on any atom is 0.227 e. The third-order valence-electron chi connectivity index (χ3n) is 6.28. The minimum absolute atomic E-state index is 0.00299. The molecule has 2 aliphatic heterocycles. The Morgan fingerprint density at radius 3 is 2.83 bits per heavy atom. The zero-order chi connectivity index (χ0) is 21.1. The maximum atomic E-state index is 12.3. The summed E-state index contributed by atoms with van der Waals surface area (Å²) in [5.41, 5.74) is 1.76. The molecule has 0 aromatic heterocycles. The molecule has 2 heterocycles. The predicted octanol–water partition coefficient (Wildman–Crippen LogP) is 1.57. The molecule has 2 amide bonds. The number of rotatable bonds is 8. The monoisotopic (exact) mass is 418 g/mol. The second-order valence-electron chi connectivity index (χ2n) is 8.32. The highest BCUT2D eigenvalue weighted by atomic mass is 16.6. The fourth-order valence-electron chi connectivity index (χ4n) is 4.45. The van der Waals surface area contributed by atoms with E-state index >= 15 is 0 Å². The number of fused-ring (bicyclic) bond motifs is 3. The van der Waals surface area contributed by atoms with Crippen LogP contribution in [0, 0.1) is 5.92 Å². The Balaban J connectivity index is 1.44. The van der Waals surface area contributed by atoms with Gasteiger partial charge in [0.25, 0.3) is 0 Å². The molecule has 0 spiro atoms. The number of methoxy groups -OCH3 is 1. The van der Waals surface area contributed by atoms with Crippen LogP contribution in [0.2, 0.25) is 0 Å². The number of amides is 2. The van der Waals surface area contributed by atoms with Crippen molar-refractivity contribution < 1.29 is 28.9 Å². The molecule has 4 atom stereocenters. The van der Waals surface area contributed by atoms with Gasteiger partial charge in [0.15, 0.2) is 0 Å². The number of hydrogen-bond acceptors (Lipinski definition) is 6. The minimum Gasteiger partial charge on any atom is -0.487 e. The highest BCUT2D eigenvalue weighted by Gasteiger charge is 2.46. The predicted molar refractivity (Wildman–Crippen MR) is 109 cm³/mol. The first-order valence-corrected chi connectivity index (χ1v) is 10.7. The van der Waals surface area contributed by atoms with Crippen LogP contribution in [-0.2, 0) is 19.1 Å². The third kappa shape index (κ3) is 4.45. The summed E-state index contributed by atoms with van der Waals surface area (Å²) in [6.07, 6.45) is 2.75. The van der Waals surface area contributed by atoms with Crippen molar-refractivity contribution in [1.82, 2.24) is 5.32 Å². The number of carbonyl (C=O) groups excluding carboxylic acids is 2. The van der Waals surface area contributed by atoms with Crippen molar-refractivity contribution in [2.75, 3.05) is 32.2 Å². The van der Waals surface area contributed by atoms with E-state index in [0.717, 1.165) is 36.3 Å². The van der Waals surface area contributed by atoms with E-state index in [1.807, 2.05) is 18.2 Å². The molecule has 3 aliphatic rings. The lowest BCUT2D eigenvalue weighted by atomic mass is 9.83. The van der Waals surface area contributed by atoms with Crippen molar-refractivity contribution in [3.8, 4) is 5.75 Å². The highest BCUT2D eigenvalue weighted by molar-refractivity contribution is 5.93. The molecule has 1 saturated carbocycles. The normalized spacial score (nSPS) is 27.4. The Hall–Kier alpha value is -2.16. The van der Waals surface area contributed by atoms with Crippen LogP contribution in [-0.4, -0.2) is 62.1 Å². The summed E-state index contributed by atoms with van der Waals surface area (Å²) in [4.78, 5) is 24.5. The van der Waals surface area contributed by atoms with Crippen molar-refractivity contribution in [3.05, 3.63) is 23.8 Å². The van der Waals surface area contributed by atoms with Crippen LogP contribution < -0.4 is 15.4 Å².